The summed E-state index contributed by atoms with van der Waals surface area (Å²) in [7, 11) is 0. The number of carbonyl (C=O) groups excluding carboxylic acids is 1. The van der Waals surface area contributed by atoms with Crippen LogP contribution in [0.25, 0.3) is 22.5 Å². The van der Waals surface area contributed by atoms with Gasteiger partial charge >= 0.3 is 0 Å². The van der Waals surface area contributed by atoms with Crippen LogP contribution in [0, 0.1) is 25.2 Å². The number of pyridine rings is 1. The second-order valence-electron chi connectivity index (χ2n) is 8.26. The van der Waals surface area contributed by atoms with Gasteiger partial charge in [-0.25, -0.2) is 4.98 Å². The lowest BCUT2D eigenvalue weighted by Gasteiger charge is -2.22. The molecule has 0 aliphatic heterocycles. The minimum Gasteiger partial charge on any atom is -0.347 e. The molecule has 4 heteroatoms. The van der Waals surface area contributed by atoms with Crippen LogP contribution in [-0.2, 0) is 0 Å². The number of amides is 1. The Balaban J connectivity index is 2.09. The molecule has 29 heavy (non-hydrogen) atoms. The first kappa shape index (κ1) is 20.3. The minimum atomic E-state index is -0.311. The highest BCUT2D eigenvalue weighted by molar-refractivity contribution is 5.98. The summed E-state index contributed by atoms with van der Waals surface area (Å²) in [6, 6.07) is 19.6. The van der Waals surface area contributed by atoms with Gasteiger partial charge in [-0.1, -0.05) is 30.3 Å². The number of hydrogen-bond acceptors (Lipinski definition) is 3. The third kappa shape index (κ3) is 4.52. The number of carbonyl (C=O) groups is 1. The maximum atomic E-state index is 12.7. The number of benzene rings is 2. The van der Waals surface area contributed by atoms with Gasteiger partial charge in [0, 0.05) is 22.2 Å². The smallest absolute Gasteiger partial charge is 0.252 e. The summed E-state index contributed by atoms with van der Waals surface area (Å²) in [4.78, 5) is 17.5. The van der Waals surface area contributed by atoms with Crippen molar-refractivity contribution in [3.63, 3.8) is 0 Å². The molecule has 0 radical (unpaired) electrons. The molecule has 0 spiro atoms. The van der Waals surface area contributed by atoms with Crippen LogP contribution < -0.4 is 5.32 Å². The maximum absolute atomic E-state index is 12.7. The van der Waals surface area contributed by atoms with Gasteiger partial charge in [0.05, 0.1) is 17.0 Å². The van der Waals surface area contributed by atoms with E-state index in [2.05, 4.69) is 11.4 Å². The average Bonchev–Trinajstić information content (AvgIpc) is 2.66. The van der Waals surface area contributed by atoms with Crippen molar-refractivity contribution in [2.45, 2.75) is 40.2 Å². The Morgan fingerprint density at radius 2 is 1.59 bits per heavy atom. The summed E-state index contributed by atoms with van der Waals surface area (Å²) in [5.74, 6) is -0.0921. The highest BCUT2D eigenvalue weighted by Gasteiger charge is 2.20. The highest BCUT2D eigenvalue weighted by atomic mass is 16.1. The average molecular weight is 383 g/mol. The molecule has 0 bridgehead atoms. The van der Waals surface area contributed by atoms with E-state index in [1.807, 2.05) is 83.1 Å². The van der Waals surface area contributed by atoms with Crippen LogP contribution >= 0.6 is 0 Å². The molecule has 1 amide bonds. The van der Waals surface area contributed by atoms with Gasteiger partial charge in [-0.15, -0.1) is 0 Å². The number of nitrogens with one attached hydrogen (secondary N) is 1. The summed E-state index contributed by atoms with van der Waals surface area (Å²) in [6.07, 6.45) is 0. The lowest BCUT2D eigenvalue weighted by atomic mass is 9.94. The molecule has 0 aliphatic carbocycles. The molecule has 0 unspecified atom stereocenters. The van der Waals surface area contributed by atoms with E-state index in [4.69, 9.17) is 4.98 Å². The van der Waals surface area contributed by atoms with Crippen molar-refractivity contribution in [3.8, 4) is 28.6 Å². The number of nitrogens with zero attached hydrogens (tertiary/aromatic N) is 2. The molecule has 0 aliphatic rings. The number of nitriles is 1. The highest BCUT2D eigenvalue weighted by Crippen LogP contribution is 2.29. The van der Waals surface area contributed by atoms with Crippen LogP contribution in [0.15, 0.2) is 54.6 Å². The third-order valence-electron chi connectivity index (χ3n) is 4.61. The summed E-state index contributed by atoms with van der Waals surface area (Å²) >= 11 is 0. The Kier molecular flexibility index (Phi) is 5.52. The SMILES string of the molecule is Cc1cc(-c2nc(-c3ccccc3)ccc2C#N)cc(C)c1C(=O)NC(C)(C)C. The van der Waals surface area contributed by atoms with Gasteiger partial charge < -0.3 is 5.32 Å². The van der Waals surface area contributed by atoms with Crippen LogP contribution in [0.5, 0.6) is 0 Å². The second kappa shape index (κ2) is 7.89. The molecule has 0 atom stereocenters. The molecular formula is C25H25N3O. The minimum absolute atomic E-state index is 0.0921. The van der Waals surface area contributed by atoms with Crippen LogP contribution in [0.1, 0.15) is 47.8 Å². The lowest BCUT2D eigenvalue weighted by Crippen LogP contribution is -2.41. The fourth-order valence-corrected chi connectivity index (χ4v) is 3.40. The second-order valence-corrected chi connectivity index (χ2v) is 8.26. The lowest BCUT2D eigenvalue weighted by molar-refractivity contribution is 0.0918. The predicted octanol–water partition coefficient (Wildman–Crippen LogP) is 5.43. The van der Waals surface area contributed by atoms with Crippen LogP contribution in [0.3, 0.4) is 0 Å². The van der Waals surface area contributed by atoms with E-state index in [1.54, 1.807) is 6.07 Å². The molecule has 4 nitrogen and oxygen atoms in total. The standard InChI is InChI=1S/C25H25N3O/c1-16-13-20(14-17(2)22(16)24(29)28-25(3,4)5)23-19(15-26)11-12-21(27-23)18-9-7-6-8-10-18/h6-14H,1-5H3,(H,28,29). The Hall–Kier alpha value is -3.45. The van der Waals surface area contributed by atoms with Crippen molar-refractivity contribution in [3.05, 3.63) is 76.9 Å². The Bertz CT molecular complexity index is 1080. The van der Waals surface area contributed by atoms with E-state index in [1.165, 1.54) is 0 Å². The number of aryl methyl sites for hydroxylation is 2. The first-order valence-corrected chi connectivity index (χ1v) is 9.60. The zero-order chi connectivity index (χ0) is 21.2. The molecule has 2 aromatic carbocycles. The van der Waals surface area contributed by atoms with Crippen molar-refractivity contribution < 1.29 is 4.79 Å². The monoisotopic (exact) mass is 383 g/mol. The molecule has 1 aromatic heterocycles. The van der Waals surface area contributed by atoms with Gasteiger partial charge in [0.2, 0.25) is 0 Å². The molecule has 1 N–H and O–H groups in total. The topological polar surface area (TPSA) is 65.8 Å². The predicted molar refractivity (Wildman–Crippen MR) is 117 cm³/mol. The first-order chi connectivity index (χ1) is 13.7. The molecule has 0 saturated carbocycles. The fourth-order valence-electron chi connectivity index (χ4n) is 3.40. The number of aromatic nitrogens is 1. The summed E-state index contributed by atoms with van der Waals surface area (Å²) < 4.78 is 0. The number of rotatable bonds is 3. The van der Waals surface area contributed by atoms with Gasteiger partial charge in [-0.05, 0) is 70.0 Å². The Labute approximate surface area is 172 Å². The van der Waals surface area contributed by atoms with Crippen LogP contribution in [-0.4, -0.2) is 16.4 Å². The quantitative estimate of drug-likeness (QED) is 0.655. The third-order valence-corrected chi connectivity index (χ3v) is 4.61. The van der Waals surface area contributed by atoms with E-state index >= 15 is 0 Å². The summed E-state index contributed by atoms with van der Waals surface area (Å²) in [5.41, 5.74) is 5.85. The van der Waals surface area contributed by atoms with Crippen molar-refractivity contribution in [2.24, 2.45) is 0 Å². The molecule has 3 aromatic rings. The van der Waals surface area contributed by atoms with E-state index in [-0.39, 0.29) is 11.4 Å². The van der Waals surface area contributed by atoms with Crippen LogP contribution in [0.4, 0.5) is 0 Å². The molecular weight excluding hydrogens is 358 g/mol. The van der Waals surface area contributed by atoms with Gasteiger partial charge in [0.15, 0.2) is 0 Å². The van der Waals surface area contributed by atoms with Gasteiger partial charge in [-0.2, -0.15) is 5.26 Å². The molecule has 146 valence electrons. The fraction of sp³-hybridized carbons (Fsp3) is 0.240. The van der Waals surface area contributed by atoms with Crippen molar-refractivity contribution in [1.29, 1.82) is 5.26 Å². The molecule has 1 heterocycles. The molecule has 0 fully saturated rings. The van der Waals surface area contributed by atoms with Crippen molar-refractivity contribution in [2.75, 3.05) is 0 Å². The Morgan fingerprint density at radius 1 is 0.966 bits per heavy atom. The van der Waals surface area contributed by atoms with E-state index in [0.29, 0.717) is 16.8 Å². The zero-order valence-corrected chi connectivity index (χ0v) is 17.5. The van der Waals surface area contributed by atoms with Gasteiger partial charge in [-0.3, -0.25) is 4.79 Å². The van der Waals surface area contributed by atoms with Crippen molar-refractivity contribution in [1.82, 2.24) is 10.3 Å². The summed E-state index contributed by atoms with van der Waals surface area (Å²) in [5, 5.41) is 12.6. The van der Waals surface area contributed by atoms with Gasteiger partial charge in [0.1, 0.15) is 6.07 Å². The van der Waals surface area contributed by atoms with Crippen LogP contribution in [0.2, 0.25) is 0 Å². The number of hydrogen-bond donors (Lipinski definition) is 1. The largest absolute Gasteiger partial charge is 0.347 e. The molecule has 0 saturated heterocycles. The zero-order valence-electron chi connectivity index (χ0n) is 17.5. The molecule has 3 rings (SSSR count). The van der Waals surface area contributed by atoms with E-state index < -0.39 is 0 Å². The first-order valence-electron chi connectivity index (χ1n) is 9.60. The normalized spacial score (nSPS) is 11.0. The maximum Gasteiger partial charge on any atom is 0.252 e. The Morgan fingerprint density at radius 3 is 2.14 bits per heavy atom. The van der Waals surface area contributed by atoms with Gasteiger partial charge in [0.25, 0.3) is 5.91 Å². The van der Waals surface area contributed by atoms with Crippen molar-refractivity contribution >= 4 is 5.91 Å². The van der Waals surface area contributed by atoms with E-state index in [9.17, 15) is 10.1 Å². The van der Waals surface area contributed by atoms with E-state index in [0.717, 1.165) is 27.9 Å². The summed E-state index contributed by atoms with van der Waals surface area (Å²) in [6.45, 7) is 9.72.